The van der Waals surface area contributed by atoms with Crippen molar-refractivity contribution in [2.24, 2.45) is 0 Å². The molecule has 2 aliphatic rings. The fraction of sp³-hybridized carbons (Fsp3) is 0.333. The van der Waals surface area contributed by atoms with E-state index in [1.807, 2.05) is 18.5 Å². The summed E-state index contributed by atoms with van der Waals surface area (Å²) in [7, 11) is 0. The van der Waals surface area contributed by atoms with E-state index in [0.717, 1.165) is 55.8 Å². The van der Waals surface area contributed by atoms with Crippen LogP contribution in [0.15, 0.2) is 73.1 Å². The number of nitrogens with one attached hydrogen (secondary N) is 1. The Bertz CT molecular complexity index is 1380. The van der Waals surface area contributed by atoms with Gasteiger partial charge in [-0.05, 0) is 72.1 Å². The van der Waals surface area contributed by atoms with Gasteiger partial charge in [0.2, 0.25) is 0 Å². The average molecular weight is 509 g/mol. The summed E-state index contributed by atoms with van der Waals surface area (Å²) in [4.78, 5) is 5.49. The van der Waals surface area contributed by atoms with Gasteiger partial charge in [-0.2, -0.15) is 0 Å². The quantitative estimate of drug-likeness (QED) is 0.268. The molecule has 3 aromatic carbocycles. The van der Waals surface area contributed by atoms with Gasteiger partial charge in [0.25, 0.3) is 0 Å². The monoisotopic (exact) mass is 508 g/mol. The Hall–Kier alpha value is -3.54. The highest BCUT2D eigenvalue weighted by atomic mass is 16.5. The van der Waals surface area contributed by atoms with Gasteiger partial charge in [-0.25, -0.2) is 0 Å². The number of benzene rings is 3. The molecule has 1 aliphatic heterocycles. The first-order valence-electron chi connectivity index (χ1n) is 13.7. The second kappa shape index (κ2) is 11.1. The van der Waals surface area contributed by atoms with Crippen molar-refractivity contribution in [1.82, 2.24) is 9.88 Å². The molecule has 2 N–H and O–H groups in total. The van der Waals surface area contributed by atoms with Crippen LogP contribution in [0.3, 0.4) is 0 Å². The van der Waals surface area contributed by atoms with Gasteiger partial charge in [-0.15, -0.1) is 0 Å². The van der Waals surface area contributed by atoms with E-state index in [9.17, 15) is 5.11 Å². The molecule has 1 saturated heterocycles. The fourth-order valence-corrected chi connectivity index (χ4v) is 5.87. The van der Waals surface area contributed by atoms with Crippen LogP contribution in [0.5, 0.6) is 11.5 Å². The number of aliphatic hydroxyl groups is 1. The number of aromatic amines is 1. The van der Waals surface area contributed by atoms with Crippen molar-refractivity contribution >= 4 is 0 Å². The molecule has 0 saturated carbocycles. The molecule has 6 rings (SSSR count). The van der Waals surface area contributed by atoms with E-state index in [0.29, 0.717) is 13.2 Å². The predicted molar refractivity (Wildman–Crippen MR) is 150 cm³/mol. The van der Waals surface area contributed by atoms with Gasteiger partial charge in [0.15, 0.2) is 0 Å². The molecule has 1 unspecified atom stereocenters. The minimum atomic E-state index is 0.213. The Kier molecular flexibility index (Phi) is 7.21. The third-order valence-electron chi connectivity index (χ3n) is 8.25. The molecule has 1 aromatic heterocycles. The van der Waals surface area contributed by atoms with Crippen LogP contribution in [0.25, 0.3) is 11.1 Å². The molecule has 1 atom stereocenters. The second-order valence-corrected chi connectivity index (χ2v) is 10.5. The number of hydrogen-bond donors (Lipinski definition) is 2. The average Bonchev–Trinajstić information content (AvgIpc) is 3.63. The zero-order valence-corrected chi connectivity index (χ0v) is 22.1. The molecule has 2 heterocycles. The molecule has 5 nitrogen and oxygen atoms in total. The standard InChI is InChI=1S/C33H36N2O3/c1-23-26(9-5-10-28(23)25-7-3-2-4-8-25)22-38-32-17-33(37-21-24-13-15-34-18-24)31(29-11-6-12-30(29)32)19-35-16-14-27(35)20-36/h2-5,7-10,13,15,17-18,27,34,36H,6,11-12,14,16,19-22H2,1H3. The zero-order chi connectivity index (χ0) is 25.9. The summed E-state index contributed by atoms with van der Waals surface area (Å²) in [6.07, 6.45) is 8.16. The summed E-state index contributed by atoms with van der Waals surface area (Å²) in [5.41, 5.74) is 10.0. The van der Waals surface area contributed by atoms with Gasteiger partial charge < -0.3 is 19.6 Å². The number of hydrogen-bond acceptors (Lipinski definition) is 4. The Morgan fingerprint density at radius 2 is 1.79 bits per heavy atom. The largest absolute Gasteiger partial charge is 0.488 e. The zero-order valence-electron chi connectivity index (χ0n) is 22.1. The number of aliphatic hydroxyl groups excluding tert-OH is 1. The SMILES string of the molecule is Cc1c(COc2cc(OCc3cc[nH]c3)c(CN3CCC3CO)c3c2CCC3)cccc1-c1ccccc1. The minimum absolute atomic E-state index is 0.213. The fourth-order valence-electron chi connectivity index (χ4n) is 5.87. The molecule has 0 spiro atoms. The van der Waals surface area contributed by atoms with Crippen molar-refractivity contribution in [3.05, 3.63) is 106 Å². The molecule has 1 fully saturated rings. The van der Waals surface area contributed by atoms with Gasteiger partial charge >= 0.3 is 0 Å². The van der Waals surface area contributed by atoms with E-state index in [4.69, 9.17) is 9.47 Å². The lowest BCUT2D eigenvalue weighted by atomic mass is 9.96. The lowest BCUT2D eigenvalue weighted by Crippen LogP contribution is -2.49. The number of nitrogens with zero attached hydrogens (tertiary/aromatic N) is 1. The highest BCUT2D eigenvalue weighted by Gasteiger charge is 2.31. The van der Waals surface area contributed by atoms with Crippen LogP contribution in [-0.4, -0.2) is 34.2 Å². The maximum atomic E-state index is 9.77. The third kappa shape index (κ3) is 4.96. The molecular formula is C33H36N2O3. The van der Waals surface area contributed by atoms with Crippen LogP contribution in [-0.2, 0) is 32.6 Å². The highest BCUT2D eigenvalue weighted by molar-refractivity contribution is 5.68. The number of rotatable bonds is 10. The van der Waals surface area contributed by atoms with Gasteiger partial charge in [0.05, 0.1) is 6.61 Å². The summed E-state index contributed by atoms with van der Waals surface area (Å²) in [5.74, 6) is 1.84. The number of aromatic nitrogens is 1. The molecular weight excluding hydrogens is 472 g/mol. The summed E-state index contributed by atoms with van der Waals surface area (Å²) in [6, 6.07) is 21.4. The van der Waals surface area contributed by atoms with E-state index < -0.39 is 0 Å². The topological polar surface area (TPSA) is 57.7 Å². The molecule has 1 aliphatic carbocycles. The molecule has 38 heavy (non-hydrogen) atoms. The van der Waals surface area contributed by atoms with Crippen LogP contribution in [0.2, 0.25) is 0 Å². The van der Waals surface area contributed by atoms with Crippen LogP contribution in [0, 0.1) is 6.92 Å². The minimum Gasteiger partial charge on any atom is -0.488 e. The highest BCUT2D eigenvalue weighted by Crippen LogP contribution is 2.41. The van der Waals surface area contributed by atoms with Crippen molar-refractivity contribution in [3.63, 3.8) is 0 Å². The van der Waals surface area contributed by atoms with Crippen molar-refractivity contribution in [2.75, 3.05) is 13.2 Å². The van der Waals surface area contributed by atoms with E-state index in [1.165, 1.54) is 38.9 Å². The number of H-pyrrole nitrogens is 1. The van der Waals surface area contributed by atoms with Crippen LogP contribution in [0.1, 0.15) is 46.2 Å². The van der Waals surface area contributed by atoms with Gasteiger partial charge in [0, 0.05) is 48.7 Å². The maximum Gasteiger partial charge on any atom is 0.128 e. The summed E-state index contributed by atoms with van der Waals surface area (Å²) in [6.45, 7) is 5.26. The van der Waals surface area contributed by atoms with Crippen LogP contribution < -0.4 is 9.47 Å². The predicted octanol–water partition coefficient (Wildman–Crippen LogP) is 6.20. The molecule has 196 valence electrons. The summed E-state index contributed by atoms with van der Waals surface area (Å²) < 4.78 is 13.0. The van der Waals surface area contributed by atoms with Gasteiger partial charge in [0.1, 0.15) is 24.7 Å². The Labute approximate surface area is 225 Å². The van der Waals surface area contributed by atoms with Crippen LogP contribution >= 0.6 is 0 Å². The molecule has 4 aromatic rings. The first-order chi connectivity index (χ1) is 18.7. The van der Waals surface area contributed by atoms with E-state index >= 15 is 0 Å². The number of fused-ring (bicyclic) bond motifs is 1. The summed E-state index contributed by atoms with van der Waals surface area (Å²) in [5, 5.41) is 9.77. The molecule has 5 heteroatoms. The van der Waals surface area contributed by atoms with Crippen molar-refractivity contribution in [1.29, 1.82) is 0 Å². The smallest absolute Gasteiger partial charge is 0.128 e. The van der Waals surface area contributed by atoms with Crippen LogP contribution in [0.4, 0.5) is 0 Å². The van der Waals surface area contributed by atoms with E-state index in [2.05, 4.69) is 71.4 Å². The van der Waals surface area contributed by atoms with E-state index in [-0.39, 0.29) is 12.6 Å². The van der Waals surface area contributed by atoms with Gasteiger partial charge in [-0.3, -0.25) is 4.90 Å². The molecule has 0 bridgehead atoms. The maximum absolute atomic E-state index is 9.77. The normalized spacial score (nSPS) is 16.7. The third-order valence-corrected chi connectivity index (χ3v) is 8.25. The first kappa shape index (κ1) is 24.8. The summed E-state index contributed by atoms with van der Waals surface area (Å²) >= 11 is 0. The molecule has 0 amide bonds. The Morgan fingerprint density at radius 1 is 0.947 bits per heavy atom. The van der Waals surface area contributed by atoms with Crippen molar-refractivity contribution < 1.29 is 14.6 Å². The van der Waals surface area contributed by atoms with Gasteiger partial charge in [-0.1, -0.05) is 48.5 Å². The first-order valence-corrected chi connectivity index (χ1v) is 13.7. The van der Waals surface area contributed by atoms with E-state index in [1.54, 1.807) is 0 Å². The number of likely N-dealkylation sites (tertiary alicyclic amines) is 1. The van der Waals surface area contributed by atoms with Crippen molar-refractivity contribution in [3.8, 4) is 22.6 Å². The Morgan fingerprint density at radius 3 is 2.55 bits per heavy atom. The molecule has 0 radical (unpaired) electrons. The van der Waals surface area contributed by atoms with Crippen molar-refractivity contribution in [2.45, 2.75) is 58.4 Å². The number of ether oxygens (including phenoxy) is 2. The lowest BCUT2D eigenvalue weighted by molar-refractivity contribution is 0.0346. The lowest BCUT2D eigenvalue weighted by Gasteiger charge is -2.40. The second-order valence-electron chi connectivity index (χ2n) is 10.5. The Balaban J connectivity index is 1.29.